The van der Waals surface area contributed by atoms with E-state index >= 15 is 0 Å². The third-order valence-electron chi connectivity index (χ3n) is 3.52. The molecule has 1 aromatic heterocycles. The Hall–Kier alpha value is -1.51. The first-order valence-corrected chi connectivity index (χ1v) is 8.38. The maximum absolute atomic E-state index is 11.9. The van der Waals surface area contributed by atoms with E-state index in [-0.39, 0.29) is 5.16 Å². The maximum atomic E-state index is 11.9. The second kappa shape index (κ2) is 5.86. The minimum absolute atomic E-state index is 0.377. The zero-order valence-corrected chi connectivity index (χ0v) is 12.3. The first-order valence-electron chi connectivity index (χ1n) is 6.49. The van der Waals surface area contributed by atoms with Gasteiger partial charge in [0.05, 0.1) is 7.11 Å². The lowest BCUT2D eigenvalue weighted by atomic mass is 9.99. The molecule has 9 heteroatoms. The smallest absolute Gasteiger partial charge is 0.332 e. The van der Waals surface area contributed by atoms with Gasteiger partial charge in [0.1, 0.15) is 0 Å². The van der Waals surface area contributed by atoms with Gasteiger partial charge in [-0.25, -0.2) is 13.2 Å². The summed E-state index contributed by atoms with van der Waals surface area (Å²) in [5.74, 6) is -0.0684. The molecule has 1 aliphatic carbocycles. The number of nitrogens with zero attached hydrogens (tertiary/aromatic N) is 4. The number of hydrogen-bond donors (Lipinski definition) is 0. The van der Waals surface area contributed by atoms with Crippen LogP contribution >= 0.6 is 0 Å². The topological polar surface area (TPSA) is 104 Å². The maximum Gasteiger partial charge on any atom is 0.332 e. The fraction of sp³-hybridized carbons (Fsp3) is 0.818. The summed E-state index contributed by atoms with van der Waals surface area (Å²) in [7, 11) is -2.24. The molecule has 1 atom stereocenters. The molecule has 0 aliphatic heterocycles. The van der Waals surface area contributed by atoms with Crippen molar-refractivity contribution >= 4 is 15.8 Å². The zero-order valence-electron chi connectivity index (χ0n) is 11.5. The van der Waals surface area contributed by atoms with Gasteiger partial charge in [-0.3, -0.25) is 0 Å². The summed E-state index contributed by atoms with van der Waals surface area (Å²) >= 11 is 0. The minimum atomic E-state index is -3.53. The number of aromatic nitrogens is 4. The number of sulfone groups is 1. The highest BCUT2D eigenvalue weighted by Gasteiger charge is 2.30. The molecule has 0 aromatic carbocycles. The summed E-state index contributed by atoms with van der Waals surface area (Å²) in [5.41, 5.74) is 0. The molecule has 1 fully saturated rings. The third kappa shape index (κ3) is 3.33. The number of ether oxygens (including phenoxy) is 1. The Kier molecular flexibility index (Phi) is 4.36. The van der Waals surface area contributed by atoms with Crippen molar-refractivity contribution in [2.75, 3.05) is 13.4 Å². The van der Waals surface area contributed by atoms with Crippen LogP contribution in [-0.2, 0) is 19.4 Å². The molecule has 1 saturated carbocycles. The molecule has 2 rings (SSSR count). The highest BCUT2D eigenvalue weighted by atomic mass is 32.2. The van der Waals surface area contributed by atoms with Gasteiger partial charge in [-0.15, -0.1) is 9.90 Å². The van der Waals surface area contributed by atoms with Crippen molar-refractivity contribution in [2.24, 2.45) is 5.92 Å². The molecule has 0 radical (unpaired) electrons. The van der Waals surface area contributed by atoms with Crippen LogP contribution in [0.3, 0.4) is 0 Å². The summed E-state index contributed by atoms with van der Waals surface area (Å²) in [6.45, 7) is 0. The highest BCUT2D eigenvalue weighted by molar-refractivity contribution is 7.90. The van der Waals surface area contributed by atoms with Crippen LogP contribution in [0, 0.1) is 5.92 Å². The molecular formula is C11H18N4O4S. The van der Waals surface area contributed by atoms with E-state index in [1.165, 1.54) is 7.11 Å². The van der Waals surface area contributed by atoms with Crippen molar-refractivity contribution in [1.29, 1.82) is 0 Å². The second-order valence-corrected chi connectivity index (χ2v) is 7.00. The molecule has 0 saturated heterocycles. The molecule has 0 N–H and O–H groups in total. The van der Waals surface area contributed by atoms with Crippen molar-refractivity contribution in [2.45, 2.75) is 43.3 Å². The first-order chi connectivity index (χ1) is 9.41. The average molecular weight is 302 g/mol. The summed E-state index contributed by atoms with van der Waals surface area (Å²) in [5, 5.41) is 10.6. The van der Waals surface area contributed by atoms with E-state index in [4.69, 9.17) is 4.74 Å². The number of carbonyl (C=O) groups is 1. The van der Waals surface area contributed by atoms with E-state index in [1.807, 2.05) is 0 Å². The van der Waals surface area contributed by atoms with Crippen LogP contribution in [0.25, 0.3) is 0 Å². The molecule has 112 valence electrons. The number of esters is 1. The van der Waals surface area contributed by atoms with E-state index in [0.717, 1.165) is 36.7 Å². The van der Waals surface area contributed by atoms with E-state index < -0.39 is 21.8 Å². The molecule has 0 bridgehead atoms. The number of hydrogen-bond acceptors (Lipinski definition) is 7. The van der Waals surface area contributed by atoms with Crippen molar-refractivity contribution in [3.05, 3.63) is 0 Å². The predicted octanol–water partition coefficient (Wildman–Crippen LogP) is 0.371. The van der Waals surface area contributed by atoms with Gasteiger partial charge in [0, 0.05) is 6.26 Å². The van der Waals surface area contributed by atoms with Crippen LogP contribution in [0.4, 0.5) is 0 Å². The predicted molar refractivity (Wildman–Crippen MR) is 68.6 cm³/mol. The van der Waals surface area contributed by atoms with Gasteiger partial charge in [0.25, 0.3) is 5.16 Å². The van der Waals surface area contributed by atoms with Crippen LogP contribution in [0.5, 0.6) is 0 Å². The molecule has 1 heterocycles. The van der Waals surface area contributed by atoms with E-state index in [0.29, 0.717) is 12.3 Å². The Morgan fingerprint density at radius 2 is 2.10 bits per heavy atom. The van der Waals surface area contributed by atoms with Crippen LogP contribution in [0.1, 0.15) is 38.1 Å². The van der Waals surface area contributed by atoms with Crippen molar-refractivity contribution < 1.29 is 17.9 Å². The molecular weight excluding hydrogens is 284 g/mol. The minimum Gasteiger partial charge on any atom is -0.467 e. The van der Waals surface area contributed by atoms with Crippen LogP contribution in [-0.4, -0.2) is 48.0 Å². The quantitative estimate of drug-likeness (QED) is 0.724. The highest BCUT2D eigenvalue weighted by Crippen LogP contribution is 2.32. The fourth-order valence-electron chi connectivity index (χ4n) is 2.47. The Labute approximate surface area is 117 Å². The van der Waals surface area contributed by atoms with E-state index in [9.17, 15) is 13.2 Å². The number of carbonyl (C=O) groups excluding carboxylic acids is 1. The summed E-state index contributed by atoms with van der Waals surface area (Å²) in [4.78, 5) is 12.9. The Balaban J connectivity index is 2.21. The van der Waals surface area contributed by atoms with Crippen molar-refractivity contribution in [3.63, 3.8) is 0 Å². The van der Waals surface area contributed by atoms with Crippen LogP contribution in [0.2, 0.25) is 0 Å². The molecule has 8 nitrogen and oxygen atoms in total. The summed E-state index contributed by atoms with van der Waals surface area (Å²) < 4.78 is 27.5. The lowest BCUT2D eigenvalue weighted by Gasteiger charge is -2.16. The Morgan fingerprint density at radius 1 is 1.45 bits per heavy atom. The lowest BCUT2D eigenvalue weighted by Crippen LogP contribution is -2.25. The van der Waals surface area contributed by atoms with Gasteiger partial charge in [0.2, 0.25) is 9.84 Å². The van der Waals surface area contributed by atoms with Gasteiger partial charge < -0.3 is 4.74 Å². The molecule has 0 unspecified atom stereocenters. The molecule has 1 aliphatic rings. The fourth-order valence-corrected chi connectivity index (χ4v) is 2.89. The molecule has 0 amide bonds. The summed E-state index contributed by atoms with van der Waals surface area (Å²) in [6, 6.07) is -0.717. The normalized spacial score (nSPS) is 18.1. The van der Waals surface area contributed by atoms with Gasteiger partial charge >= 0.3 is 5.97 Å². The average Bonchev–Trinajstić information content (AvgIpc) is 3.05. The van der Waals surface area contributed by atoms with E-state index in [2.05, 4.69) is 15.4 Å². The largest absolute Gasteiger partial charge is 0.467 e. The van der Waals surface area contributed by atoms with Crippen LogP contribution in [0.15, 0.2) is 5.16 Å². The first kappa shape index (κ1) is 14.9. The Morgan fingerprint density at radius 3 is 2.60 bits per heavy atom. The third-order valence-corrected chi connectivity index (χ3v) is 4.35. The number of rotatable bonds is 5. The SMILES string of the molecule is COC(=O)[C@H](CC1CCCC1)n1nnc(S(C)(=O)=O)n1. The van der Waals surface area contributed by atoms with Gasteiger partial charge in [-0.2, -0.15) is 0 Å². The zero-order chi connectivity index (χ0) is 14.8. The lowest BCUT2D eigenvalue weighted by molar-refractivity contribution is -0.146. The molecule has 20 heavy (non-hydrogen) atoms. The monoisotopic (exact) mass is 302 g/mol. The second-order valence-electron chi connectivity index (χ2n) is 5.09. The van der Waals surface area contributed by atoms with Crippen molar-refractivity contribution in [1.82, 2.24) is 20.2 Å². The number of tetrazole rings is 1. The summed E-state index contributed by atoms with van der Waals surface area (Å²) in [6.07, 6.45) is 5.96. The number of methoxy groups -OCH3 is 1. The van der Waals surface area contributed by atoms with Crippen LogP contribution < -0.4 is 0 Å². The standard InChI is InChI=1S/C11H18N4O4S/c1-19-10(16)9(7-8-5-3-4-6-8)15-13-11(12-14-15)20(2,17)18/h8-9H,3-7H2,1-2H3/t9-/m0/s1. The Bertz CT molecular complexity index is 577. The van der Waals surface area contributed by atoms with Gasteiger partial charge in [0.15, 0.2) is 6.04 Å². The van der Waals surface area contributed by atoms with Gasteiger partial charge in [-0.1, -0.05) is 30.8 Å². The molecule has 0 spiro atoms. The molecule has 1 aromatic rings. The van der Waals surface area contributed by atoms with Crippen molar-refractivity contribution in [3.8, 4) is 0 Å². The van der Waals surface area contributed by atoms with Gasteiger partial charge in [-0.05, 0) is 17.6 Å². The van der Waals surface area contributed by atoms with E-state index in [1.54, 1.807) is 0 Å².